The van der Waals surface area contributed by atoms with Gasteiger partial charge >= 0.3 is 0 Å². The molecule has 0 atom stereocenters. The molecule has 0 saturated heterocycles. The van der Waals surface area contributed by atoms with Crippen LogP contribution in [-0.4, -0.2) is 17.3 Å². The van der Waals surface area contributed by atoms with Gasteiger partial charge in [-0.1, -0.05) is 30.3 Å². The lowest BCUT2D eigenvalue weighted by Gasteiger charge is -2.07. The van der Waals surface area contributed by atoms with Gasteiger partial charge in [-0.15, -0.1) is 0 Å². The first-order valence-electron chi connectivity index (χ1n) is 6.18. The number of halogens is 1. The molecule has 0 bridgehead atoms. The number of hydrogen-bond acceptors (Lipinski definition) is 4. The molecule has 2 aromatic carbocycles. The number of Topliss-reactive ketones (excluding diaryl/α,β-unsaturated/α-hetero) is 1. The minimum atomic E-state index is -0.509. The molecule has 2 rings (SSSR count). The van der Waals surface area contributed by atoms with Crippen LogP contribution in [0, 0.1) is 10.1 Å². The lowest BCUT2D eigenvalue weighted by molar-refractivity contribution is -0.385. The second-order valence-electron chi connectivity index (χ2n) is 4.36. The van der Waals surface area contributed by atoms with Gasteiger partial charge in [0.05, 0.1) is 15.5 Å². The smallest absolute Gasteiger partial charge is 0.273 e. The first-order chi connectivity index (χ1) is 10.1. The van der Waals surface area contributed by atoms with Gasteiger partial charge in [-0.3, -0.25) is 14.9 Å². The van der Waals surface area contributed by atoms with E-state index in [2.05, 4.69) is 15.9 Å². The maximum Gasteiger partial charge on any atom is 0.273 e. The van der Waals surface area contributed by atoms with E-state index in [1.54, 1.807) is 0 Å². The molecule has 0 N–H and O–H groups in total. The number of carbonyl (C=O) groups excluding carboxylic acids is 1. The number of hydrogen-bond donors (Lipinski definition) is 0. The first kappa shape index (κ1) is 15.2. The number of carbonyl (C=O) groups is 1. The van der Waals surface area contributed by atoms with Crippen molar-refractivity contribution in [2.45, 2.75) is 6.42 Å². The summed E-state index contributed by atoms with van der Waals surface area (Å²) in [5, 5.41) is 10.7. The fourth-order valence-corrected chi connectivity index (χ4v) is 2.11. The molecule has 2 aromatic rings. The summed E-state index contributed by atoms with van der Waals surface area (Å²) in [5.41, 5.74) is 0.827. The van der Waals surface area contributed by atoms with Gasteiger partial charge in [-0.2, -0.15) is 0 Å². The number of benzene rings is 2. The second-order valence-corrected chi connectivity index (χ2v) is 5.22. The highest BCUT2D eigenvalue weighted by Crippen LogP contribution is 2.29. The SMILES string of the molecule is O=C(COc1cc([N+](=O)[O-])ccc1Br)Cc1ccccc1. The van der Waals surface area contributed by atoms with E-state index in [-0.39, 0.29) is 30.2 Å². The van der Waals surface area contributed by atoms with E-state index in [9.17, 15) is 14.9 Å². The molecule has 0 saturated carbocycles. The van der Waals surface area contributed by atoms with Crippen molar-refractivity contribution in [2.24, 2.45) is 0 Å². The Balaban J connectivity index is 1.98. The third kappa shape index (κ3) is 4.39. The molecule has 0 unspecified atom stereocenters. The van der Waals surface area contributed by atoms with Crippen molar-refractivity contribution in [3.05, 3.63) is 68.7 Å². The number of nitro benzene ring substituents is 1. The monoisotopic (exact) mass is 349 g/mol. The molecule has 0 amide bonds. The van der Waals surface area contributed by atoms with Crippen LogP contribution in [0.15, 0.2) is 53.0 Å². The lowest BCUT2D eigenvalue weighted by atomic mass is 10.1. The number of ketones is 1. The predicted molar refractivity (Wildman–Crippen MR) is 81.4 cm³/mol. The van der Waals surface area contributed by atoms with E-state index in [4.69, 9.17) is 4.74 Å². The molecule has 108 valence electrons. The molecule has 0 aliphatic carbocycles. The molecule has 0 aliphatic rings. The maximum atomic E-state index is 11.8. The van der Waals surface area contributed by atoms with Crippen LogP contribution in [0.4, 0.5) is 5.69 Å². The summed E-state index contributed by atoms with van der Waals surface area (Å²) >= 11 is 3.24. The number of ether oxygens (including phenoxy) is 1. The molecule has 0 radical (unpaired) electrons. The largest absolute Gasteiger partial charge is 0.484 e. The van der Waals surface area contributed by atoms with Crippen molar-refractivity contribution in [1.29, 1.82) is 0 Å². The zero-order chi connectivity index (χ0) is 15.2. The fraction of sp³-hybridized carbons (Fsp3) is 0.133. The van der Waals surface area contributed by atoms with Gasteiger partial charge < -0.3 is 4.74 Å². The Kier molecular flexibility index (Phi) is 5.05. The highest BCUT2D eigenvalue weighted by Gasteiger charge is 2.12. The molecule has 0 heterocycles. The minimum absolute atomic E-state index is 0.0799. The van der Waals surface area contributed by atoms with Gasteiger partial charge in [0.15, 0.2) is 5.78 Å². The Morgan fingerprint density at radius 2 is 1.90 bits per heavy atom. The zero-order valence-electron chi connectivity index (χ0n) is 11.0. The van der Waals surface area contributed by atoms with E-state index in [1.165, 1.54) is 18.2 Å². The van der Waals surface area contributed by atoms with Crippen LogP contribution < -0.4 is 4.74 Å². The van der Waals surface area contributed by atoms with Crippen molar-refractivity contribution >= 4 is 27.4 Å². The van der Waals surface area contributed by atoms with Crippen molar-refractivity contribution in [3.63, 3.8) is 0 Å². The summed E-state index contributed by atoms with van der Waals surface area (Å²) in [6.45, 7) is -0.130. The lowest BCUT2D eigenvalue weighted by Crippen LogP contribution is -2.14. The van der Waals surface area contributed by atoms with E-state index in [0.29, 0.717) is 4.47 Å². The van der Waals surface area contributed by atoms with Crippen LogP contribution in [0.2, 0.25) is 0 Å². The summed E-state index contributed by atoms with van der Waals surface area (Å²) in [6.07, 6.45) is 0.271. The van der Waals surface area contributed by atoms with Crippen LogP contribution in [0.25, 0.3) is 0 Å². The summed E-state index contributed by atoms with van der Waals surface area (Å²) < 4.78 is 5.93. The first-order valence-corrected chi connectivity index (χ1v) is 6.98. The third-order valence-corrected chi connectivity index (χ3v) is 3.41. The van der Waals surface area contributed by atoms with Gasteiger partial charge in [-0.05, 0) is 27.6 Å². The Morgan fingerprint density at radius 3 is 2.57 bits per heavy atom. The van der Waals surface area contributed by atoms with E-state index in [1.807, 2.05) is 30.3 Å². The molecule has 0 aromatic heterocycles. The maximum absolute atomic E-state index is 11.8. The molecular weight excluding hydrogens is 338 g/mol. The van der Waals surface area contributed by atoms with Gasteiger partial charge in [0.25, 0.3) is 5.69 Å². The van der Waals surface area contributed by atoms with Crippen LogP contribution in [0.1, 0.15) is 5.56 Å². The van der Waals surface area contributed by atoms with Crippen LogP contribution >= 0.6 is 15.9 Å². The molecule has 21 heavy (non-hydrogen) atoms. The predicted octanol–water partition coefficient (Wildman–Crippen LogP) is 3.55. The zero-order valence-corrected chi connectivity index (χ0v) is 12.6. The Morgan fingerprint density at radius 1 is 1.19 bits per heavy atom. The van der Waals surface area contributed by atoms with E-state index < -0.39 is 4.92 Å². The van der Waals surface area contributed by atoms with Gasteiger partial charge in [0, 0.05) is 12.5 Å². The number of nitro groups is 1. The molecule has 0 fully saturated rings. The van der Waals surface area contributed by atoms with Crippen LogP contribution in [0.3, 0.4) is 0 Å². The number of nitrogens with zero attached hydrogens (tertiary/aromatic N) is 1. The Hall–Kier alpha value is -2.21. The normalized spacial score (nSPS) is 10.1. The standard InChI is InChI=1S/C15H12BrNO4/c16-14-7-6-12(17(19)20)9-15(14)21-10-13(18)8-11-4-2-1-3-5-11/h1-7,9H,8,10H2. The number of non-ortho nitro benzene ring substituents is 1. The van der Waals surface area contributed by atoms with E-state index in [0.717, 1.165) is 5.56 Å². The molecular formula is C15H12BrNO4. The summed E-state index contributed by atoms with van der Waals surface area (Å²) in [7, 11) is 0. The van der Waals surface area contributed by atoms with Crippen molar-refractivity contribution < 1.29 is 14.5 Å². The fourth-order valence-electron chi connectivity index (χ4n) is 1.75. The summed E-state index contributed by atoms with van der Waals surface area (Å²) in [4.78, 5) is 22.0. The topological polar surface area (TPSA) is 69.4 Å². The minimum Gasteiger partial charge on any atom is -0.484 e. The highest BCUT2D eigenvalue weighted by atomic mass is 79.9. The molecule has 6 heteroatoms. The average Bonchev–Trinajstić information content (AvgIpc) is 2.47. The Bertz CT molecular complexity index is 658. The van der Waals surface area contributed by atoms with Gasteiger partial charge in [0.1, 0.15) is 12.4 Å². The molecule has 0 spiro atoms. The van der Waals surface area contributed by atoms with Crippen molar-refractivity contribution in [2.75, 3.05) is 6.61 Å². The van der Waals surface area contributed by atoms with Crippen molar-refractivity contribution in [1.82, 2.24) is 0 Å². The van der Waals surface area contributed by atoms with Gasteiger partial charge in [0.2, 0.25) is 0 Å². The summed E-state index contributed by atoms with van der Waals surface area (Å²) in [5.74, 6) is 0.185. The quantitative estimate of drug-likeness (QED) is 0.590. The summed E-state index contributed by atoms with van der Waals surface area (Å²) in [6, 6.07) is 13.5. The average molecular weight is 350 g/mol. The Labute approximate surface area is 129 Å². The van der Waals surface area contributed by atoms with Crippen molar-refractivity contribution in [3.8, 4) is 5.75 Å². The van der Waals surface area contributed by atoms with E-state index >= 15 is 0 Å². The second kappa shape index (κ2) is 6.99. The van der Waals surface area contributed by atoms with Gasteiger partial charge in [-0.25, -0.2) is 0 Å². The molecule has 5 nitrogen and oxygen atoms in total. The highest BCUT2D eigenvalue weighted by molar-refractivity contribution is 9.10. The third-order valence-electron chi connectivity index (χ3n) is 2.76. The number of rotatable bonds is 6. The van der Waals surface area contributed by atoms with Crippen LogP contribution in [-0.2, 0) is 11.2 Å². The molecule has 0 aliphatic heterocycles. The van der Waals surface area contributed by atoms with Crippen LogP contribution in [0.5, 0.6) is 5.75 Å².